The van der Waals surface area contributed by atoms with Gasteiger partial charge >= 0.3 is 0 Å². The molecule has 0 radical (unpaired) electrons. The van der Waals surface area contributed by atoms with E-state index >= 15 is 0 Å². The Kier molecular flexibility index (Phi) is 5.48. The number of hydrogen-bond acceptors (Lipinski definition) is 6. The van der Waals surface area contributed by atoms with Crippen LogP contribution in [0.1, 0.15) is 13.8 Å². The Balaban J connectivity index is 2.54. The number of nitrogens with two attached hydrogens (primary N) is 1. The van der Waals surface area contributed by atoms with Gasteiger partial charge in [-0.25, -0.2) is 9.97 Å². The second-order valence-electron chi connectivity index (χ2n) is 3.59. The molecule has 6 heteroatoms. The maximum absolute atomic E-state index is 5.69. The lowest BCUT2D eigenvalue weighted by atomic mass is 10.4. The molecular formula is C11H21N5O. The molecule has 0 unspecified atom stereocenters. The van der Waals surface area contributed by atoms with Crippen LogP contribution in [0.3, 0.4) is 0 Å². The lowest BCUT2D eigenvalue weighted by molar-refractivity contribution is 0.315. The summed E-state index contributed by atoms with van der Waals surface area (Å²) in [4.78, 5) is 10.3. The SMILES string of the molecule is CCN(CC)CCNc1ncnc(N)c1OC. The van der Waals surface area contributed by atoms with E-state index in [2.05, 4.69) is 34.0 Å². The van der Waals surface area contributed by atoms with E-state index in [-0.39, 0.29) is 0 Å². The molecule has 0 amide bonds. The zero-order valence-corrected chi connectivity index (χ0v) is 10.7. The highest BCUT2D eigenvalue weighted by molar-refractivity contribution is 5.61. The predicted molar refractivity (Wildman–Crippen MR) is 69.3 cm³/mol. The van der Waals surface area contributed by atoms with Gasteiger partial charge in [0.1, 0.15) is 6.33 Å². The van der Waals surface area contributed by atoms with Crippen LogP contribution in [0.2, 0.25) is 0 Å². The fraction of sp³-hybridized carbons (Fsp3) is 0.636. The number of nitrogens with zero attached hydrogens (tertiary/aromatic N) is 3. The van der Waals surface area contributed by atoms with Crippen molar-refractivity contribution in [1.29, 1.82) is 0 Å². The Morgan fingerprint density at radius 3 is 2.65 bits per heavy atom. The quantitative estimate of drug-likeness (QED) is 0.733. The van der Waals surface area contributed by atoms with E-state index in [1.807, 2.05) is 0 Å². The van der Waals surface area contributed by atoms with Crippen molar-refractivity contribution in [3.05, 3.63) is 6.33 Å². The summed E-state index contributed by atoms with van der Waals surface area (Å²) in [5, 5.41) is 3.21. The van der Waals surface area contributed by atoms with Crippen molar-refractivity contribution in [1.82, 2.24) is 14.9 Å². The molecule has 1 heterocycles. The van der Waals surface area contributed by atoms with Gasteiger partial charge in [-0.15, -0.1) is 0 Å². The highest BCUT2D eigenvalue weighted by Gasteiger charge is 2.08. The number of anilines is 2. The summed E-state index contributed by atoms with van der Waals surface area (Å²) in [7, 11) is 1.56. The average molecular weight is 239 g/mol. The first kappa shape index (κ1) is 13.5. The van der Waals surface area contributed by atoms with Gasteiger partial charge < -0.3 is 20.7 Å². The van der Waals surface area contributed by atoms with E-state index in [0.29, 0.717) is 17.4 Å². The molecule has 0 saturated heterocycles. The van der Waals surface area contributed by atoms with Crippen molar-refractivity contribution in [2.24, 2.45) is 0 Å². The molecule has 1 aromatic rings. The number of nitrogen functional groups attached to an aromatic ring is 1. The van der Waals surface area contributed by atoms with E-state index in [4.69, 9.17) is 10.5 Å². The fourth-order valence-corrected chi connectivity index (χ4v) is 1.59. The second kappa shape index (κ2) is 6.90. The molecule has 3 N–H and O–H groups in total. The lowest BCUT2D eigenvalue weighted by Crippen LogP contribution is -2.28. The summed E-state index contributed by atoms with van der Waals surface area (Å²) in [5.41, 5.74) is 5.69. The maximum atomic E-state index is 5.69. The lowest BCUT2D eigenvalue weighted by Gasteiger charge is -2.18. The smallest absolute Gasteiger partial charge is 0.203 e. The Morgan fingerprint density at radius 2 is 2.06 bits per heavy atom. The van der Waals surface area contributed by atoms with Crippen molar-refractivity contribution in [2.45, 2.75) is 13.8 Å². The number of methoxy groups -OCH3 is 1. The Labute approximate surface area is 102 Å². The van der Waals surface area contributed by atoms with Gasteiger partial charge in [-0.3, -0.25) is 0 Å². The van der Waals surface area contributed by atoms with E-state index in [0.717, 1.165) is 26.2 Å². The van der Waals surface area contributed by atoms with Crippen LogP contribution in [0.5, 0.6) is 5.75 Å². The third-order valence-electron chi connectivity index (χ3n) is 2.65. The normalized spacial score (nSPS) is 10.6. The van der Waals surface area contributed by atoms with Crippen molar-refractivity contribution in [3.63, 3.8) is 0 Å². The average Bonchev–Trinajstić information content (AvgIpc) is 2.35. The minimum atomic E-state index is 0.354. The van der Waals surface area contributed by atoms with Crippen LogP contribution >= 0.6 is 0 Å². The summed E-state index contributed by atoms with van der Waals surface area (Å²) < 4.78 is 5.16. The molecule has 1 rings (SSSR count). The molecule has 0 aromatic carbocycles. The third kappa shape index (κ3) is 3.74. The Bertz CT molecular complexity index is 341. The number of ether oxygens (including phenoxy) is 1. The predicted octanol–water partition coefficient (Wildman–Crippen LogP) is 0.821. The monoisotopic (exact) mass is 239 g/mol. The largest absolute Gasteiger partial charge is 0.490 e. The van der Waals surface area contributed by atoms with E-state index in [1.54, 1.807) is 7.11 Å². The first-order valence-corrected chi connectivity index (χ1v) is 5.83. The highest BCUT2D eigenvalue weighted by atomic mass is 16.5. The Morgan fingerprint density at radius 1 is 1.35 bits per heavy atom. The van der Waals surface area contributed by atoms with E-state index in [1.165, 1.54) is 6.33 Å². The van der Waals surface area contributed by atoms with Gasteiger partial charge in [0, 0.05) is 13.1 Å². The molecule has 0 aliphatic carbocycles. The molecule has 0 saturated carbocycles. The van der Waals surface area contributed by atoms with Gasteiger partial charge in [-0.1, -0.05) is 13.8 Å². The minimum absolute atomic E-state index is 0.354. The van der Waals surface area contributed by atoms with Crippen LogP contribution in [-0.2, 0) is 0 Å². The van der Waals surface area contributed by atoms with Crippen LogP contribution in [0.25, 0.3) is 0 Å². The zero-order valence-electron chi connectivity index (χ0n) is 10.7. The summed E-state index contributed by atoms with van der Waals surface area (Å²) >= 11 is 0. The molecule has 1 aromatic heterocycles. The first-order chi connectivity index (χ1) is 8.22. The molecule has 6 nitrogen and oxygen atoms in total. The third-order valence-corrected chi connectivity index (χ3v) is 2.65. The number of nitrogens with one attached hydrogen (secondary N) is 1. The molecule has 0 atom stereocenters. The maximum Gasteiger partial charge on any atom is 0.203 e. The molecule has 96 valence electrons. The number of hydrogen-bond donors (Lipinski definition) is 2. The molecule has 0 spiro atoms. The molecule has 0 aliphatic heterocycles. The molecule has 0 aliphatic rings. The van der Waals surface area contributed by atoms with Crippen molar-refractivity contribution < 1.29 is 4.74 Å². The van der Waals surface area contributed by atoms with Crippen LogP contribution in [0.15, 0.2) is 6.33 Å². The molecule has 0 bridgehead atoms. The van der Waals surface area contributed by atoms with Crippen LogP contribution in [-0.4, -0.2) is 48.2 Å². The summed E-state index contributed by atoms with van der Waals surface area (Å²) in [6.45, 7) is 8.14. The van der Waals surface area contributed by atoms with Gasteiger partial charge in [0.2, 0.25) is 5.75 Å². The first-order valence-electron chi connectivity index (χ1n) is 5.83. The topological polar surface area (TPSA) is 76.3 Å². The number of rotatable bonds is 7. The summed E-state index contributed by atoms with van der Waals surface area (Å²) in [5.74, 6) is 1.51. The summed E-state index contributed by atoms with van der Waals surface area (Å²) in [6.07, 6.45) is 1.43. The summed E-state index contributed by atoms with van der Waals surface area (Å²) in [6, 6.07) is 0. The van der Waals surface area contributed by atoms with Gasteiger partial charge in [0.05, 0.1) is 7.11 Å². The van der Waals surface area contributed by atoms with Gasteiger partial charge in [0.15, 0.2) is 11.6 Å². The van der Waals surface area contributed by atoms with Crippen LogP contribution < -0.4 is 15.8 Å². The van der Waals surface area contributed by atoms with Crippen LogP contribution in [0.4, 0.5) is 11.6 Å². The molecule has 17 heavy (non-hydrogen) atoms. The van der Waals surface area contributed by atoms with E-state index < -0.39 is 0 Å². The van der Waals surface area contributed by atoms with Crippen molar-refractivity contribution in [2.75, 3.05) is 44.3 Å². The molecular weight excluding hydrogens is 218 g/mol. The van der Waals surface area contributed by atoms with Crippen molar-refractivity contribution >= 4 is 11.6 Å². The van der Waals surface area contributed by atoms with Crippen molar-refractivity contribution in [3.8, 4) is 5.75 Å². The van der Waals surface area contributed by atoms with Gasteiger partial charge in [0.25, 0.3) is 0 Å². The van der Waals surface area contributed by atoms with Gasteiger partial charge in [-0.2, -0.15) is 0 Å². The van der Waals surface area contributed by atoms with Crippen LogP contribution in [0, 0.1) is 0 Å². The standard InChI is InChI=1S/C11H21N5O/c1-4-16(5-2)7-6-13-11-9(17-3)10(12)14-8-15-11/h8H,4-7H2,1-3H3,(H3,12,13,14,15). The van der Waals surface area contributed by atoms with Gasteiger partial charge in [-0.05, 0) is 13.1 Å². The number of aromatic nitrogens is 2. The number of likely N-dealkylation sites (N-methyl/N-ethyl adjacent to an activating group) is 1. The fourth-order valence-electron chi connectivity index (χ4n) is 1.59. The second-order valence-corrected chi connectivity index (χ2v) is 3.59. The molecule has 0 fully saturated rings. The Hall–Kier alpha value is -1.56. The zero-order chi connectivity index (χ0) is 12.7. The van der Waals surface area contributed by atoms with E-state index in [9.17, 15) is 0 Å². The minimum Gasteiger partial charge on any atom is -0.490 e. The highest BCUT2D eigenvalue weighted by Crippen LogP contribution is 2.25.